The first-order chi connectivity index (χ1) is 13.2. The number of aliphatic imine (C=N–C) groups is 1. The Morgan fingerprint density at radius 2 is 1.96 bits per heavy atom. The van der Waals surface area contributed by atoms with Crippen molar-refractivity contribution in [2.45, 2.75) is 47.3 Å². The van der Waals surface area contributed by atoms with Crippen molar-refractivity contribution in [2.24, 2.45) is 4.99 Å². The summed E-state index contributed by atoms with van der Waals surface area (Å²) in [4.78, 5) is 11.0. The summed E-state index contributed by atoms with van der Waals surface area (Å²) in [6.07, 6.45) is 0.0298. The van der Waals surface area contributed by atoms with Gasteiger partial charge in [0.15, 0.2) is 5.96 Å². The van der Waals surface area contributed by atoms with Gasteiger partial charge in [-0.1, -0.05) is 0 Å². The van der Waals surface area contributed by atoms with Crippen LogP contribution in [0.25, 0.3) is 0 Å². The lowest BCUT2D eigenvalue weighted by Crippen LogP contribution is -2.54. The van der Waals surface area contributed by atoms with E-state index >= 15 is 0 Å². The van der Waals surface area contributed by atoms with Gasteiger partial charge in [0.1, 0.15) is 12.3 Å². The first-order valence-electron chi connectivity index (χ1n) is 9.78. The molecule has 0 unspecified atom stereocenters. The molecule has 0 atom stereocenters. The Labute approximate surface area is 168 Å². The zero-order chi connectivity index (χ0) is 20.7. The number of hydrogen-bond donors (Lipinski definition) is 1. The maximum absolute atomic E-state index is 12.5. The molecule has 0 aromatic carbocycles. The lowest BCUT2D eigenvalue weighted by Gasteiger charge is -2.35. The number of nitrogens with one attached hydrogen (secondary N) is 1. The SMILES string of the molecule is CCNC(=NCc1nc(C)c(C)o1)N1CCN(S(=O)(=O)CCOC(C)C)CC1. The highest BCUT2D eigenvalue weighted by Gasteiger charge is 2.28. The molecule has 9 nitrogen and oxygen atoms in total. The second-order valence-corrected chi connectivity index (χ2v) is 9.13. The van der Waals surface area contributed by atoms with Crippen LogP contribution in [0.4, 0.5) is 0 Å². The van der Waals surface area contributed by atoms with Crippen LogP contribution in [0.5, 0.6) is 0 Å². The highest BCUT2D eigenvalue weighted by atomic mass is 32.2. The average Bonchev–Trinajstić information content (AvgIpc) is 2.96. The molecule has 28 heavy (non-hydrogen) atoms. The maximum Gasteiger partial charge on any atom is 0.216 e. The average molecular weight is 416 g/mol. The molecule has 2 rings (SSSR count). The van der Waals surface area contributed by atoms with E-state index in [0.717, 1.165) is 24.0 Å². The molecule has 0 radical (unpaired) electrons. The maximum atomic E-state index is 12.5. The van der Waals surface area contributed by atoms with Crippen LogP contribution >= 0.6 is 0 Å². The fourth-order valence-corrected chi connectivity index (χ4v) is 4.16. The second-order valence-electron chi connectivity index (χ2n) is 7.04. The van der Waals surface area contributed by atoms with Crippen molar-refractivity contribution >= 4 is 16.0 Å². The highest BCUT2D eigenvalue weighted by molar-refractivity contribution is 7.89. The number of oxazole rings is 1. The number of sulfonamides is 1. The number of aromatic nitrogens is 1. The number of hydrogen-bond acceptors (Lipinski definition) is 6. The first-order valence-corrected chi connectivity index (χ1v) is 11.4. The lowest BCUT2D eigenvalue weighted by atomic mass is 10.4. The molecule has 1 aromatic heterocycles. The van der Waals surface area contributed by atoms with Crippen LogP contribution in [0.1, 0.15) is 38.1 Å². The van der Waals surface area contributed by atoms with E-state index in [-0.39, 0.29) is 18.5 Å². The Balaban J connectivity index is 1.93. The van der Waals surface area contributed by atoms with Crippen LogP contribution in [-0.4, -0.2) is 79.8 Å². The van der Waals surface area contributed by atoms with Crippen molar-refractivity contribution in [3.8, 4) is 0 Å². The van der Waals surface area contributed by atoms with Crippen LogP contribution in [-0.2, 0) is 21.3 Å². The molecule has 0 amide bonds. The van der Waals surface area contributed by atoms with Gasteiger partial charge in [-0.25, -0.2) is 18.4 Å². The molecule has 0 spiro atoms. The number of ether oxygens (including phenoxy) is 1. The van der Waals surface area contributed by atoms with E-state index in [4.69, 9.17) is 9.15 Å². The predicted octanol–water partition coefficient (Wildman–Crippen LogP) is 1.13. The summed E-state index contributed by atoms with van der Waals surface area (Å²) in [6, 6.07) is 0. The molecule has 0 saturated carbocycles. The van der Waals surface area contributed by atoms with E-state index in [0.29, 0.717) is 38.6 Å². The molecule has 1 aliphatic rings. The minimum absolute atomic E-state index is 0.0161. The van der Waals surface area contributed by atoms with E-state index in [1.165, 1.54) is 4.31 Å². The van der Waals surface area contributed by atoms with Gasteiger partial charge in [-0.2, -0.15) is 4.31 Å². The Morgan fingerprint density at radius 3 is 2.50 bits per heavy atom. The molecule has 1 aromatic rings. The van der Waals surface area contributed by atoms with E-state index < -0.39 is 10.0 Å². The van der Waals surface area contributed by atoms with Crippen molar-refractivity contribution in [1.82, 2.24) is 19.5 Å². The van der Waals surface area contributed by atoms with Gasteiger partial charge in [-0.3, -0.25) is 0 Å². The fourth-order valence-electron chi connectivity index (χ4n) is 2.87. The summed E-state index contributed by atoms with van der Waals surface area (Å²) in [5.74, 6) is 2.14. The number of piperazine rings is 1. The van der Waals surface area contributed by atoms with Gasteiger partial charge in [0.05, 0.1) is 24.2 Å². The molecular formula is C18H33N5O4S. The van der Waals surface area contributed by atoms with E-state index in [1.54, 1.807) is 0 Å². The molecule has 1 N–H and O–H groups in total. The van der Waals surface area contributed by atoms with Gasteiger partial charge >= 0.3 is 0 Å². The monoisotopic (exact) mass is 415 g/mol. The van der Waals surface area contributed by atoms with E-state index in [2.05, 4.69) is 20.2 Å². The zero-order valence-corrected chi connectivity index (χ0v) is 18.4. The van der Waals surface area contributed by atoms with Gasteiger partial charge in [-0.15, -0.1) is 0 Å². The summed E-state index contributed by atoms with van der Waals surface area (Å²) in [5, 5.41) is 3.26. The van der Waals surface area contributed by atoms with Gasteiger partial charge in [0, 0.05) is 32.7 Å². The zero-order valence-electron chi connectivity index (χ0n) is 17.6. The number of nitrogens with zero attached hydrogens (tertiary/aromatic N) is 4. The number of guanidine groups is 1. The first kappa shape index (κ1) is 22.6. The molecule has 10 heteroatoms. The van der Waals surface area contributed by atoms with Crippen LogP contribution in [0, 0.1) is 13.8 Å². The van der Waals surface area contributed by atoms with Crippen molar-refractivity contribution in [3.63, 3.8) is 0 Å². The summed E-state index contributed by atoms with van der Waals surface area (Å²) in [7, 11) is -3.30. The van der Waals surface area contributed by atoms with Crippen LogP contribution in [0.15, 0.2) is 9.41 Å². The van der Waals surface area contributed by atoms with Gasteiger partial charge in [0.25, 0.3) is 0 Å². The molecular weight excluding hydrogens is 382 g/mol. The molecule has 160 valence electrons. The van der Waals surface area contributed by atoms with E-state index in [1.807, 2.05) is 34.6 Å². The lowest BCUT2D eigenvalue weighted by molar-refractivity contribution is 0.0904. The topological polar surface area (TPSA) is 100 Å². The largest absolute Gasteiger partial charge is 0.444 e. The third kappa shape index (κ3) is 6.46. The molecule has 1 saturated heterocycles. The second kappa shape index (κ2) is 10.2. The third-order valence-corrected chi connectivity index (χ3v) is 6.33. The fraction of sp³-hybridized carbons (Fsp3) is 0.778. The smallest absolute Gasteiger partial charge is 0.216 e. The molecule has 1 aliphatic heterocycles. The van der Waals surface area contributed by atoms with Gasteiger partial charge in [0.2, 0.25) is 15.9 Å². The predicted molar refractivity (Wildman–Crippen MR) is 109 cm³/mol. The Kier molecular flexibility index (Phi) is 8.26. The number of aryl methyl sites for hydroxylation is 2. The Bertz CT molecular complexity index is 733. The summed E-state index contributed by atoms with van der Waals surface area (Å²) >= 11 is 0. The third-order valence-electron chi connectivity index (χ3n) is 4.50. The highest BCUT2D eigenvalue weighted by Crippen LogP contribution is 2.11. The minimum atomic E-state index is -3.30. The summed E-state index contributed by atoms with van der Waals surface area (Å²) < 4.78 is 37.5. The Hall–Kier alpha value is -1.65. The van der Waals surface area contributed by atoms with E-state index in [9.17, 15) is 8.42 Å². The quantitative estimate of drug-likeness (QED) is 0.502. The molecule has 0 aliphatic carbocycles. The van der Waals surface area contributed by atoms with Crippen LogP contribution < -0.4 is 5.32 Å². The minimum Gasteiger partial charge on any atom is -0.444 e. The normalized spacial score (nSPS) is 16.8. The standard InChI is InChI=1S/C18H33N5O4S/c1-6-19-18(20-13-17-21-15(4)16(5)27-17)22-7-9-23(10-8-22)28(24,25)12-11-26-14(2)3/h14H,6-13H2,1-5H3,(H,19,20). The Morgan fingerprint density at radius 1 is 1.29 bits per heavy atom. The van der Waals surface area contributed by atoms with Gasteiger partial charge in [-0.05, 0) is 34.6 Å². The molecule has 0 bridgehead atoms. The van der Waals surface area contributed by atoms with Crippen molar-refractivity contribution in [1.29, 1.82) is 0 Å². The summed E-state index contributed by atoms with van der Waals surface area (Å²) in [5.41, 5.74) is 0.871. The van der Waals surface area contributed by atoms with Crippen molar-refractivity contribution < 1.29 is 17.6 Å². The van der Waals surface area contributed by atoms with Crippen molar-refractivity contribution in [2.75, 3.05) is 45.1 Å². The van der Waals surface area contributed by atoms with Crippen LogP contribution in [0.3, 0.4) is 0 Å². The van der Waals surface area contributed by atoms with Crippen molar-refractivity contribution in [3.05, 3.63) is 17.3 Å². The molecule has 1 fully saturated rings. The summed E-state index contributed by atoms with van der Waals surface area (Å²) in [6.45, 7) is 12.9. The molecule has 2 heterocycles. The number of rotatable bonds is 8. The van der Waals surface area contributed by atoms with Crippen LogP contribution in [0.2, 0.25) is 0 Å². The van der Waals surface area contributed by atoms with Gasteiger partial charge < -0.3 is 19.4 Å².